The summed E-state index contributed by atoms with van der Waals surface area (Å²) >= 11 is 0. The van der Waals surface area contributed by atoms with Gasteiger partial charge >= 0.3 is 0 Å². The summed E-state index contributed by atoms with van der Waals surface area (Å²) in [6, 6.07) is 2.00. The first kappa shape index (κ1) is 14.7. The number of hydrogen-bond acceptors (Lipinski definition) is 5. The maximum Gasteiger partial charge on any atom is 0.257 e. The number of hydrogen-bond donors (Lipinski definition) is 1. The molecule has 1 N–H and O–H groups in total. The predicted octanol–water partition coefficient (Wildman–Crippen LogP) is 1.91. The Morgan fingerprint density at radius 3 is 3.05 bits per heavy atom. The second-order valence-corrected chi connectivity index (χ2v) is 5.68. The van der Waals surface area contributed by atoms with Crippen LogP contribution in [-0.4, -0.2) is 46.6 Å². The zero-order valence-corrected chi connectivity index (χ0v) is 12.7. The van der Waals surface area contributed by atoms with Crippen molar-refractivity contribution in [1.29, 1.82) is 0 Å². The fraction of sp³-hybridized carbons (Fsp3) is 0.438. The zero-order valence-electron chi connectivity index (χ0n) is 12.7. The number of nitrogens with zero attached hydrogens (tertiary/aromatic N) is 3. The van der Waals surface area contributed by atoms with Crippen LogP contribution in [0.2, 0.25) is 0 Å². The molecule has 1 amide bonds. The average Bonchev–Trinajstić information content (AvgIpc) is 2.90. The number of pyridine rings is 1. The van der Waals surface area contributed by atoms with Crippen molar-refractivity contribution in [3.8, 4) is 0 Å². The highest BCUT2D eigenvalue weighted by Gasteiger charge is 2.21. The monoisotopic (exact) mass is 300 g/mol. The molecule has 116 valence electrons. The molecule has 6 nitrogen and oxygen atoms in total. The Morgan fingerprint density at radius 1 is 1.55 bits per heavy atom. The van der Waals surface area contributed by atoms with Gasteiger partial charge in [0.05, 0.1) is 16.6 Å². The topological polar surface area (TPSA) is 71.3 Å². The van der Waals surface area contributed by atoms with Crippen molar-refractivity contribution in [1.82, 2.24) is 20.4 Å². The van der Waals surface area contributed by atoms with Crippen molar-refractivity contribution >= 4 is 17.0 Å². The lowest BCUT2D eigenvalue weighted by Crippen LogP contribution is -2.44. The summed E-state index contributed by atoms with van der Waals surface area (Å²) in [5, 5.41) is 7.73. The summed E-state index contributed by atoms with van der Waals surface area (Å²) in [6.07, 6.45) is 5.37. The van der Waals surface area contributed by atoms with Crippen LogP contribution in [0.5, 0.6) is 0 Å². The number of piperidine rings is 1. The summed E-state index contributed by atoms with van der Waals surface area (Å²) < 4.78 is 5.06. The minimum atomic E-state index is -0.0860. The van der Waals surface area contributed by atoms with Crippen LogP contribution in [0.3, 0.4) is 0 Å². The van der Waals surface area contributed by atoms with Gasteiger partial charge in [0.25, 0.3) is 11.6 Å². The van der Waals surface area contributed by atoms with Gasteiger partial charge in [-0.1, -0.05) is 11.2 Å². The van der Waals surface area contributed by atoms with Crippen molar-refractivity contribution in [2.24, 2.45) is 0 Å². The molecule has 0 radical (unpaired) electrons. The molecule has 0 spiro atoms. The van der Waals surface area contributed by atoms with Gasteiger partial charge in [0.1, 0.15) is 0 Å². The number of aromatic nitrogens is 2. The molecular formula is C16H20N4O2. The molecule has 0 unspecified atom stereocenters. The second kappa shape index (κ2) is 6.27. The Kier molecular flexibility index (Phi) is 4.20. The highest BCUT2D eigenvalue weighted by atomic mass is 16.5. The van der Waals surface area contributed by atoms with Gasteiger partial charge in [-0.3, -0.25) is 9.69 Å². The van der Waals surface area contributed by atoms with Crippen molar-refractivity contribution in [3.63, 3.8) is 0 Å². The first-order chi connectivity index (χ1) is 10.7. The van der Waals surface area contributed by atoms with Gasteiger partial charge in [0.2, 0.25) is 0 Å². The first-order valence-electron chi connectivity index (χ1n) is 7.53. The molecule has 22 heavy (non-hydrogen) atoms. The van der Waals surface area contributed by atoms with Crippen LogP contribution < -0.4 is 5.32 Å². The van der Waals surface area contributed by atoms with Crippen LogP contribution >= 0.6 is 0 Å². The van der Waals surface area contributed by atoms with E-state index < -0.39 is 0 Å². The van der Waals surface area contributed by atoms with E-state index >= 15 is 0 Å². The fourth-order valence-electron chi connectivity index (χ4n) is 2.78. The molecule has 1 aliphatic rings. The lowest BCUT2D eigenvalue weighted by molar-refractivity contribution is 0.0914. The fourth-order valence-corrected chi connectivity index (χ4v) is 2.78. The Bertz CT molecular complexity index is 687. The summed E-state index contributed by atoms with van der Waals surface area (Å²) in [6.45, 7) is 8.48. The lowest BCUT2D eigenvalue weighted by atomic mass is 10.0. The van der Waals surface area contributed by atoms with Crippen LogP contribution in [0.1, 0.15) is 28.9 Å². The van der Waals surface area contributed by atoms with Crippen molar-refractivity contribution in [3.05, 3.63) is 36.2 Å². The largest absolute Gasteiger partial charge is 0.349 e. The maximum absolute atomic E-state index is 12.4. The van der Waals surface area contributed by atoms with E-state index in [4.69, 9.17) is 4.52 Å². The zero-order chi connectivity index (χ0) is 15.5. The van der Waals surface area contributed by atoms with E-state index in [-0.39, 0.29) is 11.9 Å². The van der Waals surface area contributed by atoms with E-state index in [2.05, 4.69) is 26.9 Å². The molecular weight excluding hydrogens is 280 g/mol. The van der Waals surface area contributed by atoms with Crippen LogP contribution in [0.25, 0.3) is 11.1 Å². The SMILES string of the molecule is C=CCN1CCC(NC(=O)c2cnc3onc(C)c3c2)CC1. The quantitative estimate of drug-likeness (QED) is 0.873. The third-order valence-corrected chi connectivity index (χ3v) is 4.08. The molecule has 2 aromatic heterocycles. The Labute approximate surface area is 129 Å². The minimum Gasteiger partial charge on any atom is -0.349 e. The van der Waals surface area contributed by atoms with Gasteiger partial charge < -0.3 is 9.84 Å². The Balaban J connectivity index is 1.64. The molecule has 1 saturated heterocycles. The number of rotatable bonds is 4. The van der Waals surface area contributed by atoms with Crippen LogP contribution in [0, 0.1) is 6.92 Å². The summed E-state index contributed by atoms with van der Waals surface area (Å²) in [5.74, 6) is -0.0860. The molecule has 6 heteroatoms. The Hall–Kier alpha value is -2.21. The standard InChI is InChI=1S/C16H20N4O2/c1-3-6-20-7-4-13(5-8-20)18-15(21)12-9-14-11(2)19-22-16(14)17-10-12/h3,9-10,13H,1,4-8H2,2H3,(H,18,21). The van der Waals surface area contributed by atoms with E-state index in [1.807, 2.05) is 13.0 Å². The third-order valence-electron chi connectivity index (χ3n) is 4.08. The van der Waals surface area contributed by atoms with Gasteiger partial charge in [-0.05, 0) is 25.8 Å². The summed E-state index contributed by atoms with van der Waals surface area (Å²) in [5.41, 5.74) is 1.76. The van der Waals surface area contributed by atoms with Crippen LogP contribution in [-0.2, 0) is 0 Å². The summed E-state index contributed by atoms with van der Waals surface area (Å²) in [7, 11) is 0. The first-order valence-corrected chi connectivity index (χ1v) is 7.53. The third kappa shape index (κ3) is 3.01. The number of nitrogens with one attached hydrogen (secondary N) is 1. The second-order valence-electron chi connectivity index (χ2n) is 5.68. The Morgan fingerprint density at radius 2 is 2.32 bits per heavy atom. The smallest absolute Gasteiger partial charge is 0.257 e. The van der Waals surface area contributed by atoms with Gasteiger partial charge in [-0.25, -0.2) is 4.98 Å². The average molecular weight is 300 g/mol. The van der Waals surface area contributed by atoms with Gasteiger partial charge in [0, 0.05) is 31.9 Å². The number of fused-ring (bicyclic) bond motifs is 1. The molecule has 2 aromatic rings. The van der Waals surface area contributed by atoms with Gasteiger partial charge in [-0.2, -0.15) is 0 Å². The van der Waals surface area contributed by atoms with E-state index in [0.29, 0.717) is 11.3 Å². The number of carbonyl (C=O) groups is 1. The number of carbonyl (C=O) groups excluding carboxylic acids is 1. The maximum atomic E-state index is 12.4. The molecule has 0 bridgehead atoms. The normalized spacial score (nSPS) is 16.8. The van der Waals surface area contributed by atoms with E-state index in [9.17, 15) is 4.79 Å². The number of likely N-dealkylation sites (tertiary alicyclic amines) is 1. The molecule has 1 aliphatic heterocycles. The lowest BCUT2D eigenvalue weighted by Gasteiger charge is -2.31. The summed E-state index contributed by atoms with van der Waals surface area (Å²) in [4.78, 5) is 18.8. The molecule has 0 saturated carbocycles. The molecule has 0 aromatic carbocycles. The van der Waals surface area contributed by atoms with E-state index in [0.717, 1.165) is 43.6 Å². The molecule has 3 rings (SSSR count). The minimum absolute atomic E-state index is 0.0860. The predicted molar refractivity (Wildman–Crippen MR) is 83.7 cm³/mol. The van der Waals surface area contributed by atoms with Crippen LogP contribution in [0.4, 0.5) is 0 Å². The number of amides is 1. The molecule has 1 fully saturated rings. The molecule has 0 aliphatic carbocycles. The van der Waals surface area contributed by atoms with Crippen molar-refractivity contribution in [2.75, 3.05) is 19.6 Å². The van der Waals surface area contributed by atoms with E-state index in [1.165, 1.54) is 6.20 Å². The van der Waals surface area contributed by atoms with E-state index in [1.54, 1.807) is 6.07 Å². The van der Waals surface area contributed by atoms with Gasteiger partial charge in [-0.15, -0.1) is 6.58 Å². The molecule has 0 atom stereocenters. The van der Waals surface area contributed by atoms with Crippen molar-refractivity contribution in [2.45, 2.75) is 25.8 Å². The van der Waals surface area contributed by atoms with Crippen molar-refractivity contribution < 1.29 is 9.32 Å². The highest BCUT2D eigenvalue weighted by Crippen LogP contribution is 2.17. The number of aryl methyl sites for hydroxylation is 1. The molecule has 3 heterocycles. The van der Waals surface area contributed by atoms with Gasteiger partial charge in [0.15, 0.2) is 0 Å². The van der Waals surface area contributed by atoms with Crippen LogP contribution in [0.15, 0.2) is 29.4 Å². The highest BCUT2D eigenvalue weighted by molar-refractivity contribution is 5.97.